The van der Waals surface area contributed by atoms with Crippen molar-refractivity contribution in [1.82, 2.24) is 10.3 Å². The van der Waals surface area contributed by atoms with Crippen molar-refractivity contribution in [1.29, 1.82) is 0 Å². The highest BCUT2D eigenvalue weighted by atomic mass is 16.5. The van der Waals surface area contributed by atoms with Crippen LogP contribution in [0, 0.1) is 19.3 Å². The highest BCUT2D eigenvalue weighted by molar-refractivity contribution is 5.95. The molecule has 222 valence electrons. The monoisotopic (exact) mass is 569 g/mol. The minimum Gasteiger partial charge on any atom is -0.479 e. The maximum Gasteiger partial charge on any atom is 0.337 e. The SMILES string of the molecule is Cc1nc(C)c(C(OC(C)(C)C)C(=O)O)c(N2CCC3(CCC3)CC2)c1-c1ccc(C(=O)NCc2ccccc2)cc1. The Morgan fingerprint density at radius 1 is 0.976 bits per heavy atom. The maximum absolute atomic E-state index is 12.9. The Morgan fingerprint density at radius 3 is 2.17 bits per heavy atom. The Kier molecular flexibility index (Phi) is 8.42. The molecule has 0 radical (unpaired) electrons. The standard InChI is InChI=1S/C35H43N3O4/c1-23-28(26-12-14-27(15-13-26)32(39)36-22-25-10-7-6-8-11-25)30(38-20-18-35(19-21-38)16-9-17-35)29(24(2)37-23)31(33(40)41)42-34(3,4)5/h6-8,10-15,31H,9,16-22H2,1-5H3,(H,36,39)(H,40,41). The normalized spacial score (nSPS) is 17.0. The highest BCUT2D eigenvalue weighted by Gasteiger charge is 2.42. The van der Waals surface area contributed by atoms with Crippen molar-refractivity contribution in [2.75, 3.05) is 18.0 Å². The summed E-state index contributed by atoms with van der Waals surface area (Å²) in [6, 6.07) is 17.4. The summed E-state index contributed by atoms with van der Waals surface area (Å²) in [6.07, 6.45) is 4.92. The van der Waals surface area contributed by atoms with Gasteiger partial charge in [-0.2, -0.15) is 0 Å². The molecule has 2 heterocycles. The van der Waals surface area contributed by atoms with Gasteiger partial charge in [0.2, 0.25) is 0 Å². The number of aromatic nitrogens is 1. The molecular weight excluding hydrogens is 526 g/mol. The van der Waals surface area contributed by atoms with Crippen LogP contribution in [0.4, 0.5) is 5.69 Å². The lowest BCUT2D eigenvalue weighted by molar-refractivity contribution is -0.160. The number of amides is 1. The number of carbonyl (C=O) groups excluding carboxylic acids is 1. The third-order valence-electron chi connectivity index (χ3n) is 8.82. The first-order chi connectivity index (χ1) is 20.0. The smallest absolute Gasteiger partial charge is 0.337 e. The largest absolute Gasteiger partial charge is 0.479 e. The molecule has 1 amide bonds. The number of hydrogen-bond donors (Lipinski definition) is 2. The van der Waals surface area contributed by atoms with Crippen molar-refractivity contribution in [2.24, 2.45) is 5.41 Å². The zero-order valence-corrected chi connectivity index (χ0v) is 25.5. The van der Waals surface area contributed by atoms with Crippen molar-refractivity contribution in [2.45, 2.75) is 85.0 Å². The van der Waals surface area contributed by atoms with Gasteiger partial charge >= 0.3 is 5.97 Å². The fraction of sp³-hybridized carbons (Fsp3) is 0.457. The van der Waals surface area contributed by atoms with Gasteiger partial charge in [0.15, 0.2) is 6.10 Å². The van der Waals surface area contributed by atoms with E-state index in [1.807, 2.05) is 89.2 Å². The van der Waals surface area contributed by atoms with Gasteiger partial charge in [0, 0.05) is 47.7 Å². The number of nitrogens with one attached hydrogen (secondary N) is 1. The lowest BCUT2D eigenvalue weighted by atomic mass is 9.63. The second kappa shape index (κ2) is 11.9. The molecule has 1 spiro atoms. The minimum atomic E-state index is -1.16. The van der Waals surface area contributed by atoms with E-state index in [9.17, 15) is 14.7 Å². The number of rotatable bonds is 8. The number of ether oxygens (including phenoxy) is 1. The van der Waals surface area contributed by atoms with E-state index in [0.717, 1.165) is 54.0 Å². The summed E-state index contributed by atoms with van der Waals surface area (Å²) in [5.41, 5.74) is 6.20. The van der Waals surface area contributed by atoms with Crippen LogP contribution in [0.1, 0.15) is 91.9 Å². The Bertz CT molecular complexity index is 1430. The molecule has 42 heavy (non-hydrogen) atoms. The number of pyridine rings is 1. The number of benzene rings is 2. The van der Waals surface area contributed by atoms with Crippen LogP contribution in [0.3, 0.4) is 0 Å². The first kappa shape index (κ1) is 29.8. The molecule has 1 aliphatic heterocycles. The van der Waals surface area contributed by atoms with Crippen LogP contribution in [-0.4, -0.2) is 40.7 Å². The minimum absolute atomic E-state index is 0.142. The quantitative estimate of drug-likeness (QED) is 0.303. The van der Waals surface area contributed by atoms with Gasteiger partial charge in [-0.3, -0.25) is 9.78 Å². The van der Waals surface area contributed by atoms with Gasteiger partial charge in [-0.05, 0) is 89.0 Å². The molecule has 1 unspecified atom stereocenters. The van der Waals surface area contributed by atoms with Gasteiger partial charge in [0.25, 0.3) is 5.91 Å². The summed E-state index contributed by atoms with van der Waals surface area (Å²) in [7, 11) is 0. The fourth-order valence-corrected chi connectivity index (χ4v) is 6.47. The average Bonchev–Trinajstić information content (AvgIpc) is 2.94. The molecule has 7 heteroatoms. The molecular formula is C35H43N3O4. The van der Waals surface area contributed by atoms with Crippen LogP contribution in [0.15, 0.2) is 54.6 Å². The van der Waals surface area contributed by atoms with E-state index in [-0.39, 0.29) is 5.91 Å². The summed E-state index contributed by atoms with van der Waals surface area (Å²) in [4.78, 5) is 32.9. The van der Waals surface area contributed by atoms with E-state index in [1.165, 1.54) is 19.3 Å². The summed E-state index contributed by atoms with van der Waals surface area (Å²) in [5.74, 6) is -1.17. The van der Waals surface area contributed by atoms with Crippen molar-refractivity contribution in [3.05, 3.63) is 82.7 Å². The molecule has 1 atom stereocenters. The Hall–Kier alpha value is -3.71. The summed E-state index contributed by atoms with van der Waals surface area (Å²) < 4.78 is 6.20. The molecule has 1 saturated carbocycles. The lowest BCUT2D eigenvalue weighted by Gasteiger charge is -2.49. The van der Waals surface area contributed by atoms with Crippen LogP contribution in [0.5, 0.6) is 0 Å². The molecule has 2 fully saturated rings. The summed E-state index contributed by atoms with van der Waals surface area (Å²) >= 11 is 0. The maximum atomic E-state index is 12.9. The zero-order chi connectivity index (χ0) is 30.1. The highest BCUT2D eigenvalue weighted by Crippen LogP contribution is 2.51. The number of anilines is 1. The molecule has 1 aliphatic carbocycles. The fourth-order valence-electron chi connectivity index (χ4n) is 6.47. The second-order valence-electron chi connectivity index (χ2n) is 13.0. The van der Waals surface area contributed by atoms with Crippen LogP contribution >= 0.6 is 0 Å². The van der Waals surface area contributed by atoms with E-state index in [2.05, 4.69) is 10.2 Å². The van der Waals surface area contributed by atoms with Gasteiger partial charge in [-0.25, -0.2) is 4.79 Å². The third kappa shape index (κ3) is 6.36. The molecule has 3 aromatic rings. The van der Waals surface area contributed by atoms with Gasteiger partial charge < -0.3 is 20.1 Å². The molecule has 1 saturated heterocycles. The molecule has 1 aromatic heterocycles. The van der Waals surface area contributed by atoms with Crippen LogP contribution in [0.2, 0.25) is 0 Å². The third-order valence-corrected chi connectivity index (χ3v) is 8.82. The van der Waals surface area contributed by atoms with E-state index in [4.69, 9.17) is 9.72 Å². The van der Waals surface area contributed by atoms with Crippen molar-refractivity contribution < 1.29 is 19.4 Å². The van der Waals surface area contributed by atoms with E-state index in [0.29, 0.717) is 28.8 Å². The molecule has 0 bridgehead atoms. The zero-order valence-electron chi connectivity index (χ0n) is 25.5. The molecule has 2 aromatic carbocycles. The number of carboxylic acid groups (broad SMARTS) is 1. The Morgan fingerprint density at radius 2 is 1.62 bits per heavy atom. The first-order valence-corrected chi connectivity index (χ1v) is 15.1. The predicted molar refractivity (Wildman–Crippen MR) is 166 cm³/mol. The lowest BCUT2D eigenvalue weighted by Crippen LogP contribution is -2.44. The number of nitrogens with zero attached hydrogens (tertiary/aromatic N) is 2. The number of piperidine rings is 1. The van der Waals surface area contributed by atoms with Gasteiger partial charge in [0.05, 0.1) is 11.3 Å². The summed E-state index contributed by atoms with van der Waals surface area (Å²) in [5, 5.41) is 13.4. The average molecular weight is 570 g/mol. The number of carboxylic acids is 1. The predicted octanol–water partition coefficient (Wildman–Crippen LogP) is 7.01. The molecule has 2 N–H and O–H groups in total. The van der Waals surface area contributed by atoms with Crippen molar-refractivity contribution in [3.8, 4) is 11.1 Å². The molecule has 7 nitrogen and oxygen atoms in total. The first-order valence-electron chi connectivity index (χ1n) is 15.1. The Labute approximate surface area is 249 Å². The van der Waals surface area contributed by atoms with Crippen LogP contribution in [-0.2, 0) is 16.1 Å². The van der Waals surface area contributed by atoms with E-state index < -0.39 is 17.7 Å². The van der Waals surface area contributed by atoms with Crippen molar-refractivity contribution >= 4 is 17.6 Å². The van der Waals surface area contributed by atoms with Gasteiger partial charge in [0.1, 0.15) is 0 Å². The number of aryl methyl sites for hydroxylation is 2. The number of aliphatic carboxylic acids is 1. The number of carbonyl (C=O) groups is 2. The van der Waals surface area contributed by atoms with Crippen LogP contribution < -0.4 is 10.2 Å². The second-order valence-corrected chi connectivity index (χ2v) is 13.0. The molecule has 2 aliphatic rings. The topological polar surface area (TPSA) is 91.8 Å². The Balaban J connectivity index is 1.53. The van der Waals surface area contributed by atoms with Crippen molar-refractivity contribution in [3.63, 3.8) is 0 Å². The molecule has 5 rings (SSSR count). The van der Waals surface area contributed by atoms with Gasteiger partial charge in [-0.1, -0.05) is 48.9 Å². The van der Waals surface area contributed by atoms with E-state index in [1.54, 1.807) is 0 Å². The van der Waals surface area contributed by atoms with E-state index >= 15 is 0 Å². The van der Waals surface area contributed by atoms with Crippen LogP contribution in [0.25, 0.3) is 11.1 Å². The summed E-state index contributed by atoms with van der Waals surface area (Å²) in [6.45, 7) is 11.7. The van der Waals surface area contributed by atoms with Gasteiger partial charge in [-0.15, -0.1) is 0 Å². The number of hydrogen-bond acceptors (Lipinski definition) is 5.